The van der Waals surface area contributed by atoms with Gasteiger partial charge in [-0.05, 0) is 43.4 Å². The minimum absolute atomic E-state index is 0.108. The fourth-order valence-electron chi connectivity index (χ4n) is 13.0. The van der Waals surface area contributed by atoms with Crippen LogP contribution in [0.4, 0.5) is 0 Å². The van der Waals surface area contributed by atoms with Crippen molar-refractivity contribution in [2.45, 2.75) is 458 Å². The van der Waals surface area contributed by atoms with E-state index in [1.54, 1.807) is 0 Å². The molecule has 5 atom stereocenters. The summed E-state index contributed by atoms with van der Waals surface area (Å²) in [7, 11) is -9.93. The van der Waals surface area contributed by atoms with Crippen LogP contribution in [0.3, 0.4) is 0 Å². The van der Waals surface area contributed by atoms with E-state index in [2.05, 4.69) is 48.5 Å². The van der Waals surface area contributed by atoms with E-state index in [0.29, 0.717) is 31.6 Å². The Labute approximate surface area is 632 Å². The Bertz CT molecular complexity index is 1990. The fraction of sp³-hybridized carbons (Fsp3) is 0.952. The van der Waals surface area contributed by atoms with Crippen LogP contribution in [0.25, 0.3) is 0 Å². The molecule has 612 valence electrons. The topological polar surface area (TPSA) is 237 Å². The third-order valence-electron chi connectivity index (χ3n) is 19.6. The summed E-state index contributed by atoms with van der Waals surface area (Å²) in [5.41, 5.74) is 0. The minimum atomic E-state index is -4.96. The third kappa shape index (κ3) is 78.0. The van der Waals surface area contributed by atoms with Gasteiger partial charge in [-0.15, -0.1) is 0 Å². The molecule has 0 heterocycles. The molecule has 0 rings (SSSR count). The number of phosphoric ester groups is 2. The van der Waals surface area contributed by atoms with Gasteiger partial charge in [-0.1, -0.05) is 389 Å². The number of esters is 4. The van der Waals surface area contributed by atoms with Crippen molar-refractivity contribution in [3.8, 4) is 0 Å². The van der Waals surface area contributed by atoms with Crippen molar-refractivity contribution < 1.29 is 80.2 Å². The van der Waals surface area contributed by atoms with Crippen molar-refractivity contribution in [3.05, 3.63) is 0 Å². The van der Waals surface area contributed by atoms with E-state index in [-0.39, 0.29) is 25.7 Å². The zero-order valence-electron chi connectivity index (χ0n) is 67.8. The van der Waals surface area contributed by atoms with Crippen LogP contribution >= 0.6 is 15.6 Å². The van der Waals surface area contributed by atoms with Crippen LogP contribution in [0.2, 0.25) is 0 Å². The van der Waals surface area contributed by atoms with E-state index >= 15 is 0 Å². The Morgan fingerprint density at radius 1 is 0.262 bits per heavy atom. The van der Waals surface area contributed by atoms with Crippen molar-refractivity contribution in [2.24, 2.45) is 17.8 Å². The van der Waals surface area contributed by atoms with Crippen LogP contribution in [0.5, 0.6) is 0 Å². The molecule has 0 bridgehead atoms. The van der Waals surface area contributed by atoms with Gasteiger partial charge in [-0.2, -0.15) is 0 Å². The number of carbonyl (C=O) groups excluding carboxylic acids is 4. The Morgan fingerprint density at radius 3 is 0.660 bits per heavy atom. The van der Waals surface area contributed by atoms with Gasteiger partial charge in [-0.3, -0.25) is 37.3 Å². The first-order chi connectivity index (χ1) is 49.7. The summed E-state index contributed by atoms with van der Waals surface area (Å²) in [6.45, 7) is 12.0. The van der Waals surface area contributed by atoms with Crippen molar-refractivity contribution in [2.75, 3.05) is 39.6 Å². The van der Waals surface area contributed by atoms with Crippen molar-refractivity contribution >= 4 is 39.5 Å². The van der Waals surface area contributed by atoms with E-state index in [1.807, 2.05) is 0 Å². The molecular weight excluding hydrogens is 1340 g/mol. The van der Waals surface area contributed by atoms with Crippen LogP contribution in [-0.2, 0) is 65.4 Å². The normalized spacial score (nSPS) is 13.9. The fourth-order valence-corrected chi connectivity index (χ4v) is 14.6. The zero-order valence-corrected chi connectivity index (χ0v) is 69.6. The lowest BCUT2D eigenvalue weighted by Gasteiger charge is -2.21. The molecule has 0 aliphatic heterocycles. The predicted octanol–water partition coefficient (Wildman–Crippen LogP) is 25.3. The first-order valence-electron chi connectivity index (χ1n) is 43.3. The van der Waals surface area contributed by atoms with Crippen molar-refractivity contribution in [3.63, 3.8) is 0 Å². The molecule has 0 aromatic rings. The van der Waals surface area contributed by atoms with Crippen molar-refractivity contribution in [1.29, 1.82) is 0 Å². The first kappa shape index (κ1) is 101. The van der Waals surface area contributed by atoms with Gasteiger partial charge in [0.1, 0.15) is 19.3 Å². The van der Waals surface area contributed by atoms with Gasteiger partial charge >= 0.3 is 39.5 Å². The molecule has 0 amide bonds. The highest BCUT2D eigenvalue weighted by atomic mass is 31.2. The lowest BCUT2D eigenvalue weighted by Crippen LogP contribution is -2.30. The molecule has 0 saturated carbocycles. The van der Waals surface area contributed by atoms with Gasteiger partial charge in [0.05, 0.1) is 26.4 Å². The van der Waals surface area contributed by atoms with Gasteiger partial charge < -0.3 is 33.8 Å². The maximum atomic E-state index is 13.1. The number of ether oxygens (including phenoxy) is 4. The maximum Gasteiger partial charge on any atom is 0.472 e. The molecule has 103 heavy (non-hydrogen) atoms. The molecule has 0 spiro atoms. The first-order valence-corrected chi connectivity index (χ1v) is 46.3. The smallest absolute Gasteiger partial charge is 0.462 e. The number of phosphoric acid groups is 2. The second kappa shape index (κ2) is 74.2. The second-order valence-corrected chi connectivity index (χ2v) is 34.6. The predicted molar refractivity (Wildman–Crippen MR) is 423 cm³/mol. The molecule has 19 heteroatoms. The van der Waals surface area contributed by atoms with Gasteiger partial charge in [0.15, 0.2) is 12.2 Å². The highest BCUT2D eigenvalue weighted by Crippen LogP contribution is 2.45. The molecule has 0 aliphatic rings. The molecule has 0 radical (unpaired) electrons. The van der Waals surface area contributed by atoms with Crippen molar-refractivity contribution in [1.82, 2.24) is 0 Å². The Hall–Kier alpha value is -1.94. The van der Waals surface area contributed by atoms with Crippen LogP contribution in [-0.4, -0.2) is 96.7 Å². The van der Waals surface area contributed by atoms with Crippen LogP contribution in [0, 0.1) is 17.8 Å². The number of hydrogen-bond acceptors (Lipinski definition) is 15. The Morgan fingerprint density at radius 2 is 0.447 bits per heavy atom. The molecule has 0 fully saturated rings. The lowest BCUT2D eigenvalue weighted by atomic mass is 10.0. The maximum absolute atomic E-state index is 13.1. The Kier molecular flexibility index (Phi) is 72.8. The van der Waals surface area contributed by atoms with Gasteiger partial charge in [-0.25, -0.2) is 9.13 Å². The monoisotopic (exact) mass is 1510 g/mol. The summed E-state index contributed by atoms with van der Waals surface area (Å²) in [5.74, 6) is 0.207. The standard InChI is InChI=1S/C84H164O17P2/c1-8-9-10-11-12-13-14-15-16-17-22-28-33-38-45-53-60-68-84(89)101-80(72-95-82(87)66-59-52-47-40-43-50-57-64-77(6)7)74-99-103(92,93)97-70-78(85)69-96-102(90,91)98-73-79(100-83(88)67-61-54-46-39-34-29-24-19-21-26-31-36-42-49-56-63-76(4)5)71-94-81(86)65-58-51-44-37-32-27-23-18-20-25-30-35-41-48-55-62-75(2)3/h75-80,85H,8-74H2,1-7H3,(H,90,91)(H,92,93)/t78-,79-,80-/m1/s1. The summed E-state index contributed by atoms with van der Waals surface area (Å²) in [6, 6.07) is 0. The lowest BCUT2D eigenvalue weighted by molar-refractivity contribution is -0.161. The number of aliphatic hydroxyl groups excluding tert-OH is 1. The number of unbranched alkanes of at least 4 members (excludes halogenated alkanes) is 50. The van der Waals surface area contributed by atoms with Gasteiger partial charge in [0.2, 0.25) is 0 Å². The summed E-state index contributed by atoms with van der Waals surface area (Å²) in [5, 5.41) is 10.7. The molecule has 3 N–H and O–H groups in total. The largest absolute Gasteiger partial charge is 0.472 e. The minimum Gasteiger partial charge on any atom is -0.462 e. The summed E-state index contributed by atoms with van der Waals surface area (Å²) >= 11 is 0. The van der Waals surface area contributed by atoms with Crippen LogP contribution in [0.15, 0.2) is 0 Å². The van der Waals surface area contributed by atoms with E-state index < -0.39 is 97.5 Å². The highest BCUT2D eigenvalue weighted by Gasteiger charge is 2.30. The third-order valence-corrected chi connectivity index (χ3v) is 21.5. The number of aliphatic hydroxyl groups is 1. The number of rotatable bonds is 82. The van der Waals surface area contributed by atoms with E-state index in [1.165, 1.54) is 244 Å². The summed E-state index contributed by atoms with van der Waals surface area (Å²) in [6.07, 6.45) is 63.9. The second-order valence-electron chi connectivity index (χ2n) is 31.6. The molecule has 0 aliphatic carbocycles. The average molecular weight is 1510 g/mol. The van der Waals surface area contributed by atoms with E-state index in [4.69, 9.17) is 37.0 Å². The summed E-state index contributed by atoms with van der Waals surface area (Å²) < 4.78 is 68.8. The SMILES string of the molecule is CCCCCCCCCCCCCCCCCCCC(=O)O[C@H](COC(=O)CCCCCCCCCC(C)C)COP(=O)(O)OC[C@H](O)COP(=O)(O)OC[C@@H](COC(=O)CCCCCCCCCCCCCCCCCC(C)C)OC(=O)CCCCCCCCCCCCCCCCCC(C)C. The molecule has 0 aromatic heterocycles. The van der Waals surface area contributed by atoms with Crippen LogP contribution < -0.4 is 0 Å². The molecule has 0 aromatic carbocycles. The average Bonchev–Trinajstić information content (AvgIpc) is 0.956. The van der Waals surface area contributed by atoms with E-state index in [9.17, 15) is 43.2 Å². The molecular formula is C84H164O17P2. The quantitative estimate of drug-likeness (QED) is 0.0222. The van der Waals surface area contributed by atoms with Crippen LogP contribution in [0.1, 0.15) is 440 Å². The highest BCUT2D eigenvalue weighted by molar-refractivity contribution is 7.47. The zero-order chi connectivity index (χ0) is 75.8. The van der Waals surface area contributed by atoms with Gasteiger partial charge in [0.25, 0.3) is 0 Å². The van der Waals surface area contributed by atoms with Gasteiger partial charge in [0, 0.05) is 25.7 Å². The number of hydrogen-bond donors (Lipinski definition) is 3. The summed E-state index contributed by atoms with van der Waals surface area (Å²) in [4.78, 5) is 73.1. The molecule has 2 unspecified atom stereocenters. The molecule has 17 nitrogen and oxygen atoms in total. The number of carbonyl (C=O) groups is 4. The molecule has 0 saturated heterocycles. The Balaban J connectivity index is 5.24. The van der Waals surface area contributed by atoms with E-state index in [0.717, 1.165) is 108 Å².